The van der Waals surface area contributed by atoms with Gasteiger partial charge in [-0.15, -0.1) is 0 Å². The molecule has 1 heterocycles. The Balaban J connectivity index is 2.14. The fraction of sp³-hybridized carbons (Fsp3) is 0.625. The van der Waals surface area contributed by atoms with Crippen LogP contribution in [0.15, 0.2) is 18.2 Å². The summed E-state index contributed by atoms with van der Waals surface area (Å²) in [5.41, 5.74) is 7.23. The van der Waals surface area contributed by atoms with Crippen LogP contribution in [0.3, 0.4) is 0 Å². The molecular weight excluding hydrogens is 266 g/mol. The number of piperazine rings is 1. The van der Waals surface area contributed by atoms with Gasteiger partial charge in [-0.25, -0.2) is 0 Å². The Kier molecular flexibility index (Phi) is 5.85. The first-order chi connectivity index (χ1) is 10.2. The second kappa shape index (κ2) is 7.64. The number of hydrogen-bond donors (Lipinski definition) is 1. The average molecular weight is 293 g/mol. The van der Waals surface area contributed by atoms with Crippen molar-refractivity contribution >= 4 is 0 Å². The molecule has 21 heavy (non-hydrogen) atoms. The molecule has 1 aliphatic rings. The number of nitrogens with zero attached hydrogens (tertiary/aromatic N) is 2. The van der Waals surface area contributed by atoms with Crippen LogP contribution >= 0.6 is 0 Å². The number of benzene rings is 1. The highest BCUT2D eigenvalue weighted by Crippen LogP contribution is 2.31. The van der Waals surface area contributed by atoms with Crippen LogP contribution in [0, 0.1) is 0 Å². The van der Waals surface area contributed by atoms with Crippen molar-refractivity contribution in [1.29, 1.82) is 0 Å². The van der Waals surface area contributed by atoms with Gasteiger partial charge in [0.05, 0.1) is 14.2 Å². The van der Waals surface area contributed by atoms with Crippen LogP contribution < -0.4 is 15.2 Å². The van der Waals surface area contributed by atoms with Gasteiger partial charge in [-0.1, -0.05) is 13.0 Å². The molecule has 1 aliphatic heterocycles. The molecule has 1 saturated heterocycles. The SMILES string of the molecule is CCN1CCN([C@H](CN)c2ccc(OC)c(OC)c2)CC1. The largest absolute Gasteiger partial charge is 0.493 e. The third kappa shape index (κ3) is 3.67. The molecule has 1 fully saturated rings. The smallest absolute Gasteiger partial charge is 0.161 e. The lowest BCUT2D eigenvalue weighted by molar-refractivity contribution is 0.102. The van der Waals surface area contributed by atoms with E-state index in [9.17, 15) is 0 Å². The van der Waals surface area contributed by atoms with Crippen molar-refractivity contribution in [3.05, 3.63) is 23.8 Å². The molecule has 1 aromatic rings. The van der Waals surface area contributed by atoms with E-state index in [2.05, 4.69) is 22.8 Å². The first-order valence-electron chi connectivity index (χ1n) is 7.61. The molecule has 0 unspecified atom stereocenters. The van der Waals surface area contributed by atoms with Crippen LogP contribution in [-0.4, -0.2) is 63.3 Å². The van der Waals surface area contributed by atoms with Gasteiger partial charge in [0.2, 0.25) is 0 Å². The van der Waals surface area contributed by atoms with Crippen LogP contribution in [0.25, 0.3) is 0 Å². The van der Waals surface area contributed by atoms with Crippen LogP contribution in [0.2, 0.25) is 0 Å². The van der Waals surface area contributed by atoms with Crippen molar-refractivity contribution in [2.75, 3.05) is 53.5 Å². The molecule has 0 spiro atoms. The third-order valence-corrected chi connectivity index (χ3v) is 4.31. The summed E-state index contributed by atoms with van der Waals surface area (Å²) >= 11 is 0. The minimum Gasteiger partial charge on any atom is -0.493 e. The minimum atomic E-state index is 0.240. The maximum Gasteiger partial charge on any atom is 0.161 e. The van der Waals surface area contributed by atoms with Crippen molar-refractivity contribution in [3.8, 4) is 11.5 Å². The van der Waals surface area contributed by atoms with Crippen molar-refractivity contribution in [1.82, 2.24) is 9.80 Å². The van der Waals surface area contributed by atoms with Crippen LogP contribution in [0.1, 0.15) is 18.5 Å². The van der Waals surface area contributed by atoms with E-state index in [0.29, 0.717) is 6.54 Å². The van der Waals surface area contributed by atoms with Gasteiger partial charge >= 0.3 is 0 Å². The van der Waals surface area contributed by atoms with Gasteiger partial charge in [0, 0.05) is 38.8 Å². The summed E-state index contributed by atoms with van der Waals surface area (Å²) in [5, 5.41) is 0. The number of rotatable bonds is 6. The van der Waals surface area contributed by atoms with Gasteiger partial charge in [0.15, 0.2) is 11.5 Å². The topological polar surface area (TPSA) is 51.0 Å². The van der Waals surface area contributed by atoms with E-state index in [1.54, 1.807) is 14.2 Å². The minimum absolute atomic E-state index is 0.240. The highest BCUT2D eigenvalue weighted by molar-refractivity contribution is 5.43. The van der Waals surface area contributed by atoms with Gasteiger partial charge in [-0.2, -0.15) is 0 Å². The van der Waals surface area contributed by atoms with Gasteiger partial charge in [-0.05, 0) is 24.2 Å². The Morgan fingerprint density at radius 1 is 1.10 bits per heavy atom. The zero-order chi connectivity index (χ0) is 15.2. The van der Waals surface area contributed by atoms with Crippen LogP contribution in [0.4, 0.5) is 0 Å². The Hall–Kier alpha value is -1.30. The molecule has 1 aromatic carbocycles. The summed E-state index contributed by atoms with van der Waals surface area (Å²) < 4.78 is 10.7. The van der Waals surface area contributed by atoms with E-state index < -0.39 is 0 Å². The molecule has 118 valence electrons. The lowest BCUT2D eigenvalue weighted by atomic mass is 10.0. The molecule has 1 atom stereocenters. The van der Waals surface area contributed by atoms with Crippen molar-refractivity contribution in [2.24, 2.45) is 5.73 Å². The van der Waals surface area contributed by atoms with Crippen molar-refractivity contribution in [2.45, 2.75) is 13.0 Å². The highest BCUT2D eigenvalue weighted by Gasteiger charge is 2.24. The zero-order valence-corrected chi connectivity index (χ0v) is 13.3. The van der Waals surface area contributed by atoms with E-state index in [1.807, 2.05) is 12.1 Å². The maximum atomic E-state index is 6.04. The third-order valence-electron chi connectivity index (χ3n) is 4.31. The predicted octanol–water partition coefficient (Wildman–Crippen LogP) is 1.34. The highest BCUT2D eigenvalue weighted by atomic mass is 16.5. The van der Waals surface area contributed by atoms with Gasteiger partial charge in [0.1, 0.15) is 0 Å². The number of nitrogens with two attached hydrogens (primary N) is 1. The van der Waals surface area contributed by atoms with Gasteiger partial charge in [-0.3, -0.25) is 4.90 Å². The molecule has 0 aromatic heterocycles. The van der Waals surface area contributed by atoms with E-state index in [4.69, 9.17) is 15.2 Å². The summed E-state index contributed by atoms with van der Waals surface area (Å²) in [7, 11) is 3.32. The quantitative estimate of drug-likeness (QED) is 0.858. The number of likely N-dealkylation sites (N-methyl/N-ethyl adjacent to an activating group) is 1. The molecule has 0 aliphatic carbocycles. The molecule has 0 bridgehead atoms. The fourth-order valence-electron chi connectivity index (χ4n) is 2.95. The van der Waals surface area contributed by atoms with Crippen LogP contribution in [-0.2, 0) is 0 Å². The molecule has 2 N–H and O–H groups in total. The molecule has 5 heteroatoms. The molecule has 2 rings (SSSR count). The van der Waals surface area contributed by atoms with Crippen LogP contribution in [0.5, 0.6) is 11.5 Å². The summed E-state index contributed by atoms with van der Waals surface area (Å²) in [6.07, 6.45) is 0. The fourth-order valence-corrected chi connectivity index (χ4v) is 2.95. The summed E-state index contributed by atoms with van der Waals surface area (Å²) in [5.74, 6) is 1.52. The molecule has 0 amide bonds. The summed E-state index contributed by atoms with van der Waals surface area (Å²) in [6, 6.07) is 6.33. The number of hydrogen-bond acceptors (Lipinski definition) is 5. The first kappa shape index (κ1) is 16.1. The number of methoxy groups -OCH3 is 2. The monoisotopic (exact) mass is 293 g/mol. The molecule has 0 radical (unpaired) electrons. The predicted molar refractivity (Wildman–Crippen MR) is 85.0 cm³/mol. The van der Waals surface area contributed by atoms with Crippen molar-refractivity contribution in [3.63, 3.8) is 0 Å². The van der Waals surface area contributed by atoms with E-state index in [0.717, 1.165) is 44.2 Å². The number of ether oxygens (including phenoxy) is 2. The summed E-state index contributed by atoms with van der Waals surface area (Å²) in [6.45, 7) is 8.29. The zero-order valence-electron chi connectivity index (χ0n) is 13.3. The van der Waals surface area contributed by atoms with Gasteiger partial charge < -0.3 is 20.1 Å². The Labute approximate surface area is 127 Å². The van der Waals surface area contributed by atoms with E-state index in [-0.39, 0.29) is 6.04 Å². The summed E-state index contributed by atoms with van der Waals surface area (Å²) in [4.78, 5) is 4.94. The van der Waals surface area contributed by atoms with E-state index >= 15 is 0 Å². The molecule has 0 saturated carbocycles. The van der Waals surface area contributed by atoms with E-state index in [1.165, 1.54) is 5.56 Å². The lowest BCUT2D eigenvalue weighted by Gasteiger charge is -2.38. The normalized spacial score (nSPS) is 18.5. The molecule has 5 nitrogen and oxygen atoms in total. The van der Waals surface area contributed by atoms with Crippen molar-refractivity contribution < 1.29 is 9.47 Å². The Bertz CT molecular complexity index is 445. The maximum absolute atomic E-state index is 6.04. The van der Waals surface area contributed by atoms with Gasteiger partial charge in [0.25, 0.3) is 0 Å². The second-order valence-electron chi connectivity index (χ2n) is 5.34. The second-order valence-corrected chi connectivity index (χ2v) is 5.34. The average Bonchev–Trinajstić information content (AvgIpc) is 2.56. The Morgan fingerprint density at radius 2 is 1.76 bits per heavy atom. The Morgan fingerprint density at radius 3 is 2.29 bits per heavy atom. The first-order valence-corrected chi connectivity index (χ1v) is 7.61. The lowest BCUT2D eigenvalue weighted by Crippen LogP contribution is -2.48. The standard InChI is InChI=1S/C16H27N3O2/c1-4-18-7-9-19(10-8-18)14(12-17)13-5-6-15(20-2)16(11-13)21-3/h5-6,11,14H,4,7-10,12,17H2,1-3H3/t14-/m1/s1. The molecular formula is C16H27N3O2.